The number of amides is 4. The van der Waals surface area contributed by atoms with E-state index in [1.807, 2.05) is 0 Å². The summed E-state index contributed by atoms with van der Waals surface area (Å²) in [6.07, 6.45) is -0.422. The van der Waals surface area contributed by atoms with Crippen molar-refractivity contribution in [2.75, 3.05) is 6.61 Å². The maximum absolute atomic E-state index is 12.8. The molecule has 0 aliphatic rings. The van der Waals surface area contributed by atoms with Gasteiger partial charge in [0.1, 0.15) is 18.1 Å². The normalized spacial score (nSPS) is 14.5. The van der Waals surface area contributed by atoms with Crippen LogP contribution in [0, 0.1) is 5.92 Å². The summed E-state index contributed by atoms with van der Waals surface area (Å²) >= 11 is 0. The molecular weight excluding hydrogens is 434 g/mol. The molecule has 0 fully saturated rings. The Kier molecular flexibility index (Phi) is 11.0. The number of nitrogens with two attached hydrogens (primary N) is 2. The number of aliphatic hydroxyl groups excluding tert-OH is 1. The lowest BCUT2D eigenvalue weighted by atomic mass is 10.0. The first-order valence-corrected chi connectivity index (χ1v) is 10.3. The highest BCUT2D eigenvalue weighted by atomic mass is 16.4. The van der Waals surface area contributed by atoms with E-state index in [4.69, 9.17) is 11.5 Å². The van der Waals surface area contributed by atoms with Crippen LogP contribution in [0.25, 0.3) is 0 Å². The zero-order valence-electron chi connectivity index (χ0n) is 18.5. The van der Waals surface area contributed by atoms with E-state index in [2.05, 4.69) is 16.0 Å². The Bertz CT molecular complexity index is 847. The lowest BCUT2D eigenvalue weighted by molar-refractivity contribution is -0.142. The van der Waals surface area contributed by atoms with E-state index in [-0.39, 0.29) is 6.42 Å². The lowest BCUT2D eigenvalue weighted by Gasteiger charge is -2.26. The summed E-state index contributed by atoms with van der Waals surface area (Å²) in [7, 11) is 0. The van der Waals surface area contributed by atoms with Crippen LogP contribution in [0.4, 0.5) is 0 Å². The average molecular weight is 466 g/mol. The van der Waals surface area contributed by atoms with Crippen LogP contribution in [0.5, 0.6) is 0 Å². The standard InChI is InChI=1S/C21H31N5O7/c1-11(2)17(20(31)24-14(21(32)33)8-12-6-4-3-5-7-12)26-19(30)15(10-27)25-18(29)13(22)9-16(23)28/h3-7,11,13-15,17,27H,8-10,22H2,1-2H3,(H2,23,28)(H,24,31)(H,25,29)(H,26,30)(H,32,33). The minimum absolute atomic E-state index is 0.0355. The van der Waals surface area contributed by atoms with Crippen LogP contribution in [-0.4, -0.2) is 70.6 Å². The predicted octanol–water partition coefficient (Wildman–Crippen LogP) is -2.38. The molecule has 0 saturated heterocycles. The third-order valence-electron chi connectivity index (χ3n) is 4.72. The summed E-state index contributed by atoms with van der Waals surface area (Å²) < 4.78 is 0. The molecule has 182 valence electrons. The largest absolute Gasteiger partial charge is 0.480 e. The van der Waals surface area contributed by atoms with Gasteiger partial charge in [0.2, 0.25) is 23.6 Å². The van der Waals surface area contributed by atoms with Crippen LogP contribution in [0.3, 0.4) is 0 Å². The first-order valence-electron chi connectivity index (χ1n) is 10.3. The van der Waals surface area contributed by atoms with Crippen molar-refractivity contribution < 1.29 is 34.2 Å². The fraction of sp³-hybridized carbons (Fsp3) is 0.476. The number of hydrogen-bond donors (Lipinski definition) is 7. The Balaban J connectivity index is 2.85. The molecule has 1 rings (SSSR count). The fourth-order valence-electron chi connectivity index (χ4n) is 2.88. The molecule has 1 aromatic carbocycles. The number of rotatable bonds is 13. The summed E-state index contributed by atoms with van der Waals surface area (Å²) in [6, 6.07) is 3.55. The molecule has 9 N–H and O–H groups in total. The molecule has 0 radical (unpaired) electrons. The molecule has 12 heteroatoms. The number of carboxylic acids is 1. The van der Waals surface area contributed by atoms with Gasteiger partial charge >= 0.3 is 5.97 Å². The van der Waals surface area contributed by atoms with E-state index in [1.54, 1.807) is 44.2 Å². The molecule has 0 heterocycles. The van der Waals surface area contributed by atoms with Gasteiger partial charge < -0.3 is 37.6 Å². The van der Waals surface area contributed by atoms with Crippen LogP contribution < -0.4 is 27.4 Å². The first-order chi connectivity index (χ1) is 15.5. The summed E-state index contributed by atoms with van der Waals surface area (Å²) in [4.78, 5) is 59.9. The summed E-state index contributed by atoms with van der Waals surface area (Å²) in [6.45, 7) is 2.46. The van der Waals surface area contributed by atoms with Gasteiger partial charge in [-0.1, -0.05) is 44.2 Å². The molecule has 0 aromatic heterocycles. The fourth-order valence-corrected chi connectivity index (χ4v) is 2.88. The van der Waals surface area contributed by atoms with E-state index in [0.717, 1.165) is 0 Å². The molecule has 1 aromatic rings. The molecule has 33 heavy (non-hydrogen) atoms. The summed E-state index contributed by atoms with van der Waals surface area (Å²) in [5.74, 6) is -5.03. The number of hydrogen-bond acceptors (Lipinski definition) is 7. The minimum atomic E-state index is -1.45. The highest BCUT2D eigenvalue weighted by Gasteiger charge is 2.31. The van der Waals surface area contributed by atoms with Crippen LogP contribution in [0.1, 0.15) is 25.8 Å². The van der Waals surface area contributed by atoms with Gasteiger partial charge in [-0.25, -0.2) is 4.79 Å². The molecule has 4 amide bonds. The van der Waals surface area contributed by atoms with E-state index < -0.39 is 72.7 Å². The van der Waals surface area contributed by atoms with Gasteiger partial charge in [0.05, 0.1) is 19.1 Å². The van der Waals surface area contributed by atoms with Crippen LogP contribution in [-0.2, 0) is 30.4 Å². The van der Waals surface area contributed by atoms with Crippen molar-refractivity contribution in [3.63, 3.8) is 0 Å². The Morgan fingerprint density at radius 3 is 1.97 bits per heavy atom. The molecule has 0 aliphatic heterocycles. The quantitative estimate of drug-likeness (QED) is 0.167. The Morgan fingerprint density at radius 2 is 1.48 bits per heavy atom. The SMILES string of the molecule is CC(C)C(NC(=O)C(CO)NC(=O)C(N)CC(N)=O)C(=O)NC(Cc1ccccc1)C(=O)O. The number of benzene rings is 1. The maximum atomic E-state index is 12.8. The number of carboxylic acid groups (broad SMARTS) is 1. The van der Waals surface area contributed by atoms with E-state index in [0.29, 0.717) is 5.56 Å². The van der Waals surface area contributed by atoms with Gasteiger partial charge in [0.25, 0.3) is 0 Å². The number of carbonyl (C=O) groups excluding carboxylic acids is 4. The van der Waals surface area contributed by atoms with Crippen LogP contribution >= 0.6 is 0 Å². The molecule has 0 spiro atoms. The van der Waals surface area contributed by atoms with Crippen LogP contribution in [0.15, 0.2) is 30.3 Å². The van der Waals surface area contributed by atoms with Crippen molar-refractivity contribution in [2.45, 2.75) is 50.9 Å². The topological polar surface area (TPSA) is 214 Å². The summed E-state index contributed by atoms with van der Waals surface area (Å²) in [5, 5.41) is 26.0. The average Bonchev–Trinajstić information content (AvgIpc) is 2.74. The molecule has 0 saturated carbocycles. The number of nitrogens with one attached hydrogen (secondary N) is 3. The van der Waals surface area contributed by atoms with Crippen molar-refractivity contribution in [2.24, 2.45) is 17.4 Å². The number of carbonyl (C=O) groups is 5. The van der Waals surface area contributed by atoms with Gasteiger partial charge in [0, 0.05) is 6.42 Å². The molecule has 12 nitrogen and oxygen atoms in total. The first kappa shape index (κ1) is 27.5. The highest BCUT2D eigenvalue weighted by molar-refractivity contribution is 5.95. The van der Waals surface area contributed by atoms with Gasteiger partial charge in [-0.15, -0.1) is 0 Å². The zero-order chi connectivity index (χ0) is 25.1. The molecule has 0 aliphatic carbocycles. The third-order valence-corrected chi connectivity index (χ3v) is 4.72. The zero-order valence-corrected chi connectivity index (χ0v) is 18.5. The van der Waals surface area contributed by atoms with Crippen molar-refractivity contribution in [3.8, 4) is 0 Å². The van der Waals surface area contributed by atoms with E-state index >= 15 is 0 Å². The highest BCUT2D eigenvalue weighted by Crippen LogP contribution is 2.07. The molecule has 4 atom stereocenters. The maximum Gasteiger partial charge on any atom is 0.326 e. The second-order valence-corrected chi connectivity index (χ2v) is 7.84. The number of aliphatic hydroxyl groups is 1. The summed E-state index contributed by atoms with van der Waals surface area (Å²) in [5.41, 5.74) is 11.2. The lowest BCUT2D eigenvalue weighted by Crippen LogP contribution is -2.59. The van der Waals surface area contributed by atoms with Gasteiger partial charge in [-0.05, 0) is 11.5 Å². The van der Waals surface area contributed by atoms with Gasteiger partial charge in [-0.3, -0.25) is 19.2 Å². The monoisotopic (exact) mass is 465 g/mol. The molecule has 0 bridgehead atoms. The number of aliphatic carboxylic acids is 1. The number of primary amides is 1. The van der Waals surface area contributed by atoms with Gasteiger partial charge in [-0.2, -0.15) is 0 Å². The Labute approximate surface area is 191 Å². The van der Waals surface area contributed by atoms with Crippen molar-refractivity contribution >= 4 is 29.6 Å². The second kappa shape index (κ2) is 13.1. The molecule has 4 unspecified atom stereocenters. The second-order valence-electron chi connectivity index (χ2n) is 7.84. The van der Waals surface area contributed by atoms with Gasteiger partial charge in [0.15, 0.2) is 0 Å². The van der Waals surface area contributed by atoms with Crippen molar-refractivity contribution in [3.05, 3.63) is 35.9 Å². The Hall–Kier alpha value is -3.51. The third kappa shape index (κ3) is 9.25. The van der Waals surface area contributed by atoms with Crippen molar-refractivity contribution in [1.29, 1.82) is 0 Å². The predicted molar refractivity (Wildman–Crippen MR) is 117 cm³/mol. The Morgan fingerprint density at radius 1 is 0.909 bits per heavy atom. The van der Waals surface area contributed by atoms with Crippen LogP contribution in [0.2, 0.25) is 0 Å². The smallest absolute Gasteiger partial charge is 0.326 e. The minimum Gasteiger partial charge on any atom is -0.480 e. The van der Waals surface area contributed by atoms with E-state index in [1.165, 1.54) is 0 Å². The van der Waals surface area contributed by atoms with E-state index in [9.17, 15) is 34.2 Å². The van der Waals surface area contributed by atoms with Crippen molar-refractivity contribution in [1.82, 2.24) is 16.0 Å². The molecular formula is C21H31N5O7.